The zero-order valence-corrected chi connectivity index (χ0v) is 12.0. The first-order valence-corrected chi connectivity index (χ1v) is 6.87. The zero-order valence-electron chi connectivity index (χ0n) is 12.0. The molecular weight excluding hydrogens is 283 g/mol. The highest BCUT2D eigenvalue weighted by Crippen LogP contribution is 2.33. The fourth-order valence-electron chi connectivity index (χ4n) is 2.69. The van der Waals surface area contributed by atoms with E-state index in [0.717, 1.165) is 10.5 Å². The van der Waals surface area contributed by atoms with E-state index in [2.05, 4.69) is 0 Å². The van der Waals surface area contributed by atoms with Crippen LogP contribution >= 0.6 is 0 Å². The lowest BCUT2D eigenvalue weighted by molar-refractivity contribution is -0.183. The first-order valence-electron chi connectivity index (χ1n) is 6.87. The number of carbonyl (C=O) groups excluding carboxylic acids is 1. The van der Waals surface area contributed by atoms with Crippen LogP contribution in [0.3, 0.4) is 0 Å². The van der Waals surface area contributed by atoms with Crippen molar-refractivity contribution in [2.45, 2.75) is 38.4 Å². The molecule has 3 nitrogen and oxygen atoms in total. The Morgan fingerprint density at radius 2 is 2.05 bits per heavy atom. The van der Waals surface area contributed by atoms with Crippen molar-refractivity contribution < 1.29 is 22.7 Å². The minimum Gasteiger partial charge on any atom is -0.496 e. The second kappa shape index (κ2) is 5.95. The molecule has 1 amide bonds. The Balaban J connectivity index is 2.27. The molecule has 0 saturated carbocycles. The second-order valence-corrected chi connectivity index (χ2v) is 5.24. The summed E-state index contributed by atoms with van der Waals surface area (Å²) in [5, 5.41) is 0. The number of ether oxygens (including phenoxy) is 1. The average molecular weight is 301 g/mol. The molecule has 0 bridgehead atoms. The van der Waals surface area contributed by atoms with Gasteiger partial charge in [-0.15, -0.1) is 0 Å². The smallest absolute Gasteiger partial charge is 0.408 e. The molecule has 0 radical (unpaired) electrons. The van der Waals surface area contributed by atoms with Gasteiger partial charge in [0.05, 0.1) is 7.11 Å². The molecule has 1 fully saturated rings. The Morgan fingerprint density at radius 1 is 1.33 bits per heavy atom. The molecule has 1 unspecified atom stereocenters. The third-order valence-electron chi connectivity index (χ3n) is 3.78. The van der Waals surface area contributed by atoms with Gasteiger partial charge in [0.1, 0.15) is 11.8 Å². The number of alkyl halides is 3. The van der Waals surface area contributed by atoms with Gasteiger partial charge in [-0.05, 0) is 49.9 Å². The van der Waals surface area contributed by atoms with Crippen LogP contribution in [0.15, 0.2) is 18.2 Å². The van der Waals surface area contributed by atoms with Crippen molar-refractivity contribution in [3.63, 3.8) is 0 Å². The third-order valence-corrected chi connectivity index (χ3v) is 3.78. The number of rotatable bonds is 2. The van der Waals surface area contributed by atoms with Crippen LogP contribution in [-0.4, -0.2) is 36.7 Å². The molecule has 1 saturated heterocycles. The molecule has 0 aromatic heterocycles. The fourth-order valence-corrected chi connectivity index (χ4v) is 2.69. The normalized spacial score (nSPS) is 19.5. The summed E-state index contributed by atoms with van der Waals surface area (Å²) in [4.78, 5) is 13.3. The number of benzene rings is 1. The van der Waals surface area contributed by atoms with Crippen LogP contribution in [0.25, 0.3) is 0 Å². The maximum absolute atomic E-state index is 13.1. The Morgan fingerprint density at radius 3 is 2.62 bits per heavy atom. The summed E-state index contributed by atoms with van der Waals surface area (Å²) in [6, 6.07) is 3.01. The van der Waals surface area contributed by atoms with Gasteiger partial charge in [-0.1, -0.05) is 0 Å². The Labute approximate surface area is 121 Å². The van der Waals surface area contributed by atoms with Crippen molar-refractivity contribution in [3.05, 3.63) is 29.3 Å². The summed E-state index contributed by atoms with van der Waals surface area (Å²) in [7, 11) is 1.51. The molecule has 116 valence electrons. The summed E-state index contributed by atoms with van der Waals surface area (Å²) >= 11 is 0. The maximum Gasteiger partial charge on any atom is 0.408 e. The van der Waals surface area contributed by atoms with Crippen LogP contribution in [0.5, 0.6) is 5.75 Å². The summed E-state index contributed by atoms with van der Waals surface area (Å²) in [6.07, 6.45) is -3.30. The van der Waals surface area contributed by atoms with Crippen molar-refractivity contribution in [1.29, 1.82) is 0 Å². The summed E-state index contributed by atoms with van der Waals surface area (Å²) in [5.74, 6) is 0.0420. The zero-order chi connectivity index (χ0) is 15.6. The monoisotopic (exact) mass is 301 g/mol. The second-order valence-electron chi connectivity index (χ2n) is 5.24. The number of hydrogen-bond donors (Lipinski definition) is 0. The van der Waals surface area contributed by atoms with Crippen molar-refractivity contribution in [1.82, 2.24) is 4.90 Å². The number of aryl methyl sites for hydroxylation is 1. The highest BCUT2D eigenvalue weighted by atomic mass is 19.4. The predicted octanol–water partition coefficient (Wildman–Crippen LogP) is 3.56. The van der Waals surface area contributed by atoms with E-state index in [9.17, 15) is 18.0 Å². The molecule has 2 rings (SSSR count). The standard InChI is InChI=1S/C15H18F3NO2/c1-10-9-11(6-7-12(10)21-2)14(20)19-8-4-3-5-13(19)15(16,17)18/h6-7,9,13H,3-5,8H2,1-2H3. The van der Waals surface area contributed by atoms with Crippen molar-refractivity contribution in [2.24, 2.45) is 0 Å². The number of piperidine rings is 1. The van der Waals surface area contributed by atoms with Crippen LogP contribution in [0.4, 0.5) is 13.2 Å². The van der Waals surface area contributed by atoms with E-state index in [1.165, 1.54) is 13.2 Å². The highest BCUT2D eigenvalue weighted by molar-refractivity contribution is 5.95. The van der Waals surface area contributed by atoms with E-state index in [1.807, 2.05) is 0 Å². The number of methoxy groups -OCH3 is 1. The molecule has 1 heterocycles. The topological polar surface area (TPSA) is 29.5 Å². The number of hydrogen-bond acceptors (Lipinski definition) is 2. The van der Waals surface area contributed by atoms with Gasteiger partial charge < -0.3 is 9.64 Å². The predicted molar refractivity (Wildman–Crippen MR) is 72.5 cm³/mol. The van der Waals surface area contributed by atoms with Crippen LogP contribution in [-0.2, 0) is 0 Å². The molecule has 1 aromatic rings. The minimum absolute atomic E-state index is 0.0234. The van der Waals surface area contributed by atoms with Gasteiger partial charge >= 0.3 is 6.18 Å². The number of amides is 1. The van der Waals surface area contributed by atoms with Crippen molar-refractivity contribution in [3.8, 4) is 5.75 Å². The molecule has 0 spiro atoms. The van der Waals surface area contributed by atoms with Gasteiger partial charge in [0, 0.05) is 12.1 Å². The van der Waals surface area contributed by atoms with Crippen LogP contribution in [0.1, 0.15) is 35.2 Å². The van der Waals surface area contributed by atoms with Gasteiger partial charge in [-0.25, -0.2) is 0 Å². The lowest BCUT2D eigenvalue weighted by atomic mass is 10.00. The molecule has 1 atom stereocenters. The first-order chi connectivity index (χ1) is 9.84. The van der Waals surface area contributed by atoms with Crippen LogP contribution < -0.4 is 4.74 Å². The first kappa shape index (κ1) is 15.7. The van der Waals surface area contributed by atoms with Gasteiger partial charge in [0.15, 0.2) is 0 Å². The quantitative estimate of drug-likeness (QED) is 0.836. The van der Waals surface area contributed by atoms with Gasteiger partial charge in [-0.2, -0.15) is 13.2 Å². The molecule has 0 aliphatic carbocycles. The van der Waals surface area contributed by atoms with Crippen molar-refractivity contribution in [2.75, 3.05) is 13.7 Å². The lowest BCUT2D eigenvalue weighted by Crippen LogP contribution is -2.51. The molecule has 1 aromatic carbocycles. The largest absolute Gasteiger partial charge is 0.496 e. The Bertz CT molecular complexity index is 528. The average Bonchev–Trinajstić information content (AvgIpc) is 2.45. The van der Waals surface area contributed by atoms with E-state index >= 15 is 0 Å². The van der Waals surface area contributed by atoms with Crippen LogP contribution in [0, 0.1) is 6.92 Å². The number of likely N-dealkylation sites (tertiary alicyclic amines) is 1. The molecule has 6 heteroatoms. The molecular formula is C15H18F3NO2. The summed E-state index contributed by atoms with van der Waals surface area (Å²) in [5.41, 5.74) is 0.994. The molecule has 1 aliphatic rings. The van der Waals surface area contributed by atoms with E-state index in [-0.39, 0.29) is 18.5 Å². The van der Waals surface area contributed by atoms with Crippen molar-refractivity contribution >= 4 is 5.91 Å². The van der Waals surface area contributed by atoms with E-state index in [4.69, 9.17) is 4.74 Å². The van der Waals surface area contributed by atoms with E-state index in [0.29, 0.717) is 18.6 Å². The Kier molecular flexibility index (Phi) is 4.44. The highest BCUT2D eigenvalue weighted by Gasteiger charge is 2.46. The molecule has 0 N–H and O–H groups in total. The Hall–Kier alpha value is -1.72. The summed E-state index contributed by atoms with van der Waals surface area (Å²) < 4.78 is 44.3. The summed E-state index contributed by atoms with van der Waals surface area (Å²) in [6.45, 7) is 1.90. The van der Waals surface area contributed by atoms with Gasteiger partial charge in [0.2, 0.25) is 0 Å². The van der Waals surface area contributed by atoms with Gasteiger partial charge in [0.25, 0.3) is 5.91 Å². The number of halogens is 3. The molecule has 1 aliphatic heterocycles. The molecule has 21 heavy (non-hydrogen) atoms. The maximum atomic E-state index is 13.1. The lowest BCUT2D eigenvalue weighted by Gasteiger charge is -2.36. The van der Waals surface area contributed by atoms with E-state index in [1.54, 1.807) is 19.1 Å². The van der Waals surface area contributed by atoms with Gasteiger partial charge in [-0.3, -0.25) is 4.79 Å². The number of carbonyl (C=O) groups is 1. The van der Waals surface area contributed by atoms with E-state index < -0.39 is 18.1 Å². The third kappa shape index (κ3) is 3.31. The van der Waals surface area contributed by atoms with Crippen LogP contribution in [0.2, 0.25) is 0 Å². The number of nitrogens with zero attached hydrogens (tertiary/aromatic N) is 1. The fraction of sp³-hybridized carbons (Fsp3) is 0.533. The minimum atomic E-state index is -4.38. The SMILES string of the molecule is COc1ccc(C(=O)N2CCCCC2C(F)(F)F)cc1C.